The number of carbonyl (C=O) groups excluding carboxylic acids is 1. The maximum absolute atomic E-state index is 12.0. The Labute approximate surface area is 98.4 Å². The molecule has 0 aromatic rings. The number of Topliss-reactive ketones (excluding diaryl/α,β-unsaturated/α-hetero) is 1. The number of rotatable bonds is 6. The van der Waals surface area contributed by atoms with E-state index < -0.39 is 0 Å². The van der Waals surface area contributed by atoms with Gasteiger partial charge in [-0.25, -0.2) is 0 Å². The van der Waals surface area contributed by atoms with Gasteiger partial charge < -0.3 is 4.74 Å². The summed E-state index contributed by atoms with van der Waals surface area (Å²) in [6.45, 7) is 6.32. The van der Waals surface area contributed by atoms with Gasteiger partial charge >= 0.3 is 0 Å². The van der Waals surface area contributed by atoms with E-state index in [0.717, 1.165) is 6.42 Å². The third-order valence-corrected chi connectivity index (χ3v) is 3.07. The summed E-state index contributed by atoms with van der Waals surface area (Å²) in [4.78, 5) is 12.0. The first-order valence-corrected chi connectivity index (χ1v) is 5.96. The Morgan fingerprint density at radius 1 is 1.50 bits per heavy atom. The zero-order chi connectivity index (χ0) is 12.1. The van der Waals surface area contributed by atoms with E-state index in [9.17, 15) is 4.79 Å². The Hall–Kier alpha value is -0.890. The largest absolute Gasteiger partial charge is 0.373 e. The molecule has 0 heterocycles. The summed E-state index contributed by atoms with van der Waals surface area (Å²) in [5.41, 5.74) is 1.21. The fraction of sp³-hybridized carbons (Fsp3) is 0.643. The molecular weight excluding hydrogens is 200 g/mol. The van der Waals surface area contributed by atoms with Crippen LogP contribution in [-0.2, 0) is 9.53 Å². The topological polar surface area (TPSA) is 26.3 Å². The van der Waals surface area contributed by atoms with Crippen molar-refractivity contribution in [2.24, 2.45) is 11.8 Å². The Morgan fingerprint density at radius 2 is 2.19 bits per heavy atom. The van der Waals surface area contributed by atoms with E-state index in [-0.39, 0.29) is 17.8 Å². The first kappa shape index (κ1) is 13.2. The Balaban J connectivity index is 2.57. The normalized spacial score (nSPS) is 21.3. The molecule has 2 nitrogen and oxygen atoms in total. The van der Waals surface area contributed by atoms with Gasteiger partial charge in [-0.1, -0.05) is 37.6 Å². The van der Waals surface area contributed by atoms with Crippen LogP contribution >= 0.6 is 0 Å². The minimum atomic E-state index is -0.297. The molecule has 0 aromatic heterocycles. The molecule has 2 unspecified atom stereocenters. The monoisotopic (exact) mass is 222 g/mol. The first-order chi connectivity index (χ1) is 7.56. The zero-order valence-corrected chi connectivity index (χ0v) is 10.7. The molecule has 1 aliphatic rings. The van der Waals surface area contributed by atoms with Crippen LogP contribution in [0.15, 0.2) is 23.8 Å². The molecule has 1 aliphatic carbocycles. The molecule has 0 bridgehead atoms. The first-order valence-electron chi connectivity index (χ1n) is 5.96. The predicted molar refractivity (Wildman–Crippen MR) is 66.3 cm³/mol. The van der Waals surface area contributed by atoms with Crippen molar-refractivity contribution in [3.8, 4) is 0 Å². The third-order valence-electron chi connectivity index (χ3n) is 3.07. The van der Waals surface area contributed by atoms with Crippen LogP contribution in [0.25, 0.3) is 0 Å². The average Bonchev–Trinajstić information content (AvgIpc) is 2.63. The molecule has 90 valence electrons. The second-order valence-corrected chi connectivity index (χ2v) is 4.88. The van der Waals surface area contributed by atoms with Crippen molar-refractivity contribution in [2.45, 2.75) is 39.7 Å². The standard InChI is InChI=1S/C14H22O2/c1-10(2)8-9-13(15)14(16-4)12-7-5-6-11(12)3/h5-7,10,12,14H,8-9H2,1-4H3. The maximum atomic E-state index is 12.0. The summed E-state index contributed by atoms with van der Waals surface area (Å²) in [7, 11) is 1.62. The second kappa shape index (κ2) is 6.00. The number of hydrogen-bond donors (Lipinski definition) is 0. The Kier molecular flexibility index (Phi) is 4.94. The molecule has 0 saturated heterocycles. The fourth-order valence-corrected chi connectivity index (χ4v) is 1.98. The van der Waals surface area contributed by atoms with E-state index in [1.54, 1.807) is 7.11 Å². The number of hydrogen-bond acceptors (Lipinski definition) is 2. The molecule has 16 heavy (non-hydrogen) atoms. The van der Waals surface area contributed by atoms with Crippen molar-refractivity contribution in [1.82, 2.24) is 0 Å². The maximum Gasteiger partial charge on any atom is 0.162 e. The summed E-state index contributed by atoms with van der Waals surface area (Å²) < 4.78 is 5.36. The number of ketones is 1. The molecule has 2 heteroatoms. The van der Waals surface area contributed by atoms with Crippen molar-refractivity contribution < 1.29 is 9.53 Å². The number of carbonyl (C=O) groups is 1. The molecule has 0 radical (unpaired) electrons. The van der Waals surface area contributed by atoms with E-state index >= 15 is 0 Å². The summed E-state index contributed by atoms with van der Waals surface area (Å²) in [5, 5.41) is 0. The highest BCUT2D eigenvalue weighted by atomic mass is 16.5. The van der Waals surface area contributed by atoms with Gasteiger partial charge in [0.1, 0.15) is 6.10 Å². The lowest BCUT2D eigenvalue weighted by atomic mass is 9.91. The lowest BCUT2D eigenvalue weighted by molar-refractivity contribution is -0.130. The van der Waals surface area contributed by atoms with Gasteiger partial charge in [-0.15, -0.1) is 0 Å². The van der Waals surface area contributed by atoms with Crippen LogP contribution in [0.4, 0.5) is 0 Å². The van der Waals surface area contributed by atoms with Crippen LogP contribution in [0.5, 0.6) is 0 Å². The van der Waals surface area contributed by atoms with Crippen molar-refractivity contribution in [1.29, 1.82) is 0 Å². The van der Waals surface area contributed by atoms with Crippen molar-refractivity contribution in [3.05, 3.63) is 23.8 Å². The molecule has 0 amide bonds. The quantitative estimate of drug-likeness (QED) is 0.690. The average molecular weight is 222 g/mol. The fourth-order valence-electron chi connectivity index (χ4n) is 1.98. The van der Waals surface area contributed by atoms with Crippen LogP contribution in [0.2, 0.25) is 0 Å². The molecular formula is C14H22O2. The predicted octanol–water partition coefficient (Wildman–Crippen LogP) is 3.14. The summed E-state index contributed by atoms with van der Waals surface area (Å²) in [6.07, 6.45) is 7.37. The van der Waals surface area contributed by atoms with E-state index in [1.807, 2.05) is 19.1 Å². The highest BCUT2D eigenvalue weighted by Crippen LogP contribution is 2.25. The summed E-state index contributed by atoms with van der Waals surface area (Å²) in [6, 6.07) is 0. The molecule has 0 spiro atoms. The van der Waals surface area contributed by atoms with E-state index in [0.29, 0.717) is 12.3 Å². The van der Waals surface area contributed by atoms with E-state index in [2.05, 4.69) is 19.9 Å². The SMILES string of the molecule is COC(C(=O)CCC(C)C)C1C=CC=C1C. The van der Waals surface area contributed by atoms with Gasteiger partial charge in [-0.3, -0.25) is 4.79 Å². The minimum Gasteiger partial charge on any atom is -0.373 e. The minimum absolute atomic E-state index is 0.143. The highest BCUT2D eigenvalue weighted by molar-refractivity contribution is 5.84. The van der Waals surface area contributed by atoms with Crippen LogP contribution in [0, 0.1) is 11.8 Å². The molecule has 1 rings (SSSR count). The van der Waals surface area contributed by atoms with Gasteiger partial charge in [0.05, 0.1) is 0 Å². The number of allylic oxidation sites excluding steroid dienone is 2. The van der Waals surface area contributed by atoms with Crippen LogP contribution < -0.4 is 0 Å². The molecule has 0 N–H and O–H groups in total. The second-order valence-electron chi connectivity index (χ2n) is 4.88. The van der Waals surface area contributed by atoms with Crippen LogP contribution in [-0.4, -0.2) is 19.0 Å². The van der Waals surface area contributed by atoms with Gasteiger partial charge in [-0.2, -0.15) is 0 Å². The van der Waals surface area contributed by atoms with Crippen molar-refractivity contribution in [2.75, 3.05) is 7.11 Å². The molecule has 0 aliphatic heterocycles. The van der Waals surface area contributed by atoms with E-state index in [4.69, 9.17) is 4.74 Å². The summed E-state index contributed by atoms with van der Waals surface area (Å²) in [5.74, 6) is 0.933. The lowest BCUT2D eigenvalue weighted by Gasteiger charge is -2.21. The third kappa shape index (κ3) is 3.31. The summed E-state index contributed by atoms with van der Waals surface area (Å²) >= 11 is 0. The Morgan fingerprint density at radius 3 is 2.62 bits per heavy atom. The van der Waals surface area contributed by atoms with Crippen molar-refractivity contribution in [3.63, 3.8) is 0 Å². The smallest absolute Gasteiger partial charge is 0.162 e. The van der Waals surface area contributed by atoms with Gasteiger partial charge in [-0.05, 0) is 19.3 Å². The lowest BCUT2D eigenvalue weighted by Crippen LogP contribution is -2.30. The zero-order valence-electron chi connectivity index (χ0n) is 10.7. The van der Waals surface area contributed by atoms with Gasteiger partial charge in [0, 0.05) is 19.4 Å². The number of methoxy groups -OCH3 is 1. The van der Waals surface area contributed by atoms with Crippen LogP contribution in [0.1, 0.15) is 33.6 Å². The van der Waals surface area contributed by atoms with Crippen molar-refractivity contribution >= 4 is 5.78 Å². The molecule has 0 saturated carbocycles. The Bertz CT molecular complexity index is 300. The molecule has 0 fully saturated rings. The number of ether oxygens (including phenoxy) is 1. The van der Waals surface area contributed by atoms with Crippen LogP contribution in [0.3, 0.4) is 0 Å². The molecule has 0 aromatic carbocycles. The molecule has 2 atom stereocenters. The van der Waals surface area contributed by atoms with Gasteiger partial charge in [0.15, 0.2) is 5.78 Å². The highest BCUT2D eigenvalue weighted by Gasteiger charge is 2.28. The van der Waals surface area contributed by atoms with E-state index in [1.165, 1.54) is 5.57 Å². The van der Waals surface area contributed by atoms with Gasteiger partial charge in [0.25, 0.3) is 0 Å². The van der Waals surface area contributed by atoms with Gasteiger partial charge in [0.2, 0.25) is 0 Å².